The van der Waals surface area contributed by atoms with E-state index in [1.54, 1.807) is 79.1 Å². The molecule has 0 aliphatic carbocycles. The van der Waals surface area contributed by atoms with E-state index in [0.717, 1.165) is 5.56 Å². The molecule has 2 atom stereocenters. The van der Waals surface area contributed by atoms with Crippen molar-refractivity contribution < 1.29 is 47.3 Å². The normalized spacial score (nSPS) is 13.5. The maximum absolute atomic E-state index is 15.0. The van der Waals surface area contributed by atoms with Crippen LogP contribution in [0.3, 0.4) is 0 Å². The van der Waals surface area contributed by atoms with E-state index in [2.05, 4.69) is 0 Å². The molecule has 18 heteroatoms. The van der Waals surface area contributed by atoms with Crippen molar-refractivity contribution in [3.63, 3.8) is 0 Å². The van der Waals surface area contributed by atoms with Gasteiger partial charge in [-0.3, -0.25) is 29.4 Å². The van der Waals surface area contributed by atoms with Crippen LogP contribution in [0.2, 0.25) is 0 Å². The molecule has 4 rings (SSSR count). The average Bonchev–Trinajstić information content (AvgIpc) is 3.22. The Balaban J connectivity index is 1.49. The maximum Gasteiger partial charge on any atom is 0.283 e. The van der Waals surface area contributed by atoms with Crippen LogP contribution in [0.4, 0.5) is 11.4 Å². The van der Waals surface area contributed by atoms with Crippen molar-refractivity contribution in [2.24, 2.45) is 0 Å². The number of aliphatic hydroxyl groups is 1. The number of aliphatic hydroxyl groups excluding tert-OH is 1. The van der Waals surface area contributed by atoms with E-state index in [4.69, 9.17) is 23.3 Å². The standard InChI is InChI=1S/C39H50N4O12P2/c1-40(24-4-6-26-52-38-18-12-32(28-44)13-19-38)56(49,54-29-33-8-14-35(15-9-33)42(45)46)31-57(50,55-30-34-10-16-36(17-11-34)43(47)48)41(2)25-5-7-27-53-39-22-20-37(51-3)21-23-39/h8-23,44H,4-7,24-31H2,1-3H3. The van der Waals surface area contributed by atoms with Crippen LogP contribution in [0.25, 0.3) is 0 Å². The van der Waals surface area contributed by atoms with E-state index in [1.165, 1.54) is 48.5 Å². The van der Waals surface area contributed by atoms with Crippen LogP contribution >= 0.6 is 15.0 Å². The predicted octanol–water partition coefficient (Wildman–Crippen LogP) is 8.66. The molecule has 0 saturated heterocycles. The van der Waals surface area contributed by atoms with Crippen molar-refractivity contribution in [1.82, 2.24) is 9.34 Å². The molecular weight excluding hydrogens is 778 g/mol. The first-order valence-electron chi connectivity index (χ1n) is 18.3. The molecule has 0 fully saturated rings. The van der Waals surface area contributed by atoms with Crippen LogP contribution in [0.15, 0.2) is 97.1 Å². The molecule has 0 amide bonds. The Morgan fingerprint density at radius 3 is 1.32 bits per heavy atom. The maximum atomic E-state index is 15.0. The lowest BCUT2D eigenvalue weighted by molar-refractivity contribution is -0.385. The number of hydrogen-bond donors (Lipinski definition) is 1. The number of rotatable bonds is 26. The molecule has 57 heavy (non-hydrogen) atoms. The molecule has 0 aromatic heterocycles. The van der Waals surface area contributed by atoms with Gasteiger partial charge in [-0.05, 0) is 117 Å². The number of ether oxygens (including phenoxy) is 3. The van der Waals surface area contributed by atoms with Crippen LogP contribution < -0.4 is 14.2 Å². The molecule has 4 aromatic carbocycles. The number of unbranched alkanes of at least 4 members (excludes halogenated alkanes) is 2. The van der Waals surface area contributed by atoms with Gasteiger partial charge in [0.05, 0.1) is 50.0 Å². The Labute approximate surface area is 332 Å². The minimum atomic E-state index is -3.95. The van der Waals surface area contributed by atoms with Crippen LogP contribution in [0.1, 0.15) is 42.4 Å². The summed E-state index contributed by atoms with van der Waals surface area (Å²) in [6, 6.07) is 25.7. The van der Waals surface area contributed by atoms with E-state index >= 15 is 4.57 Å². The third kappa shape index (κ3) is 14.3. The Bertz CT molecular complexity index is 1810. The summed E-state index contributed by atoms with van der Waals surface area (Å²) in [7, 11) is -3.06. The van der Waals surface area contributed by atoms with E-state index in [1.807, 2.05) is 0 Å². The fourth-order valence-electron chi connectivity index (χ4n) is 5.43. The fraction of sp³-hybridized carbons (Fsp3) is 0.385. The monoisotopic (exact) mass is 828 g/mol. The van der Waals surface area contributed by atoms with Gasteiger partial charge in [-0.15, -0.1) is 0 Å². The largest absolute Gasteiger partial charge is 0.497 e. The summed E-state index contributed by atoms with van der Waals surface area (Å²) >= 11 is 0. The zero-order valence-corrected chi connectivity index (χ0v) is 34.1. The predicted molar refractivity (Wildman–Crippen MR) is 216 cm³/mol. The highest BCUT2D eigenvalue weighted by Gasteiger charge is 2.42. The number of nitro groups is 2. The zero-order valence-electron chi connectivity index (χ0n) is 32.3. The van der Waals surface area contributed by atoms with Crippen molar-refractivity contribution in [3.05, 3.63) is 134 Å². The quantitative estimate of drug-likeness (QED) is 0.0273. The summed E-state index contributed by atoms with van der Waals surface area (Å²) in [5.74, 6) is 1.56. The summed E-state index contributed by atoms with van der Waals surface area (Å²) in [4.78, 5) is 21.4. The second kappa shape index (κ2) is 22.3. The Morgan fingerprint density at radius 2 is 0.947 bits per heavy atom. The molecule has 0 aliphatic rings. The molecule has 0 radical (unpaired) electrons. The zero-order chi connectivity index (χ0) is 41.3. The SMILES string of the molecule is COc1ccc(OCCCCN(C)P(=O)(CP(=O)(OCc2ccc([N+](=O)[O-])cc2)N(C)CCCCOc2ccc(CO)cc2)OCc2ccc([N+](=O)[O-])cc2)cc1. The summed E-state index contributed by atoms with van der Waals surface area (Å²) in [6.45, 7) is 0.938. The van der Waals surface area contributed by atoms with Crippen LogP contribution in [0, 0.1) is 20.2 Å². The first-order valence-corrected chi connectivity index (χ1v) is 21.8. The van der Waals surface area contributed by atoms with Gasteiger partial charge in [0.15, 0.2) is 0 Å². The number of nitro benzene ring substituents is 2. The van der Waals surface area contributed by atoms with Crippen molar-refractivity contribution in [2.45, 2.75) is 45.5 Å². The highest BCUT2D eigenvalue weighted by Crippen LogP contribution is 2.66. The number of methoxy groups -OCH3 is 1. The lowest BCUT2D eigenvalue weighted by Crippen LogP contribution is -2.26. The van der Waals surface area contributed by atoms with E-state index in [9.17, 15) is 29.9 Å². The smallest absolute Gasteiger partial charge is 0.283 e. The molecule has 308 valence electrons. The van der Waals surface area contributed by atoms with Gasteiger partial charge < -0.3 is 28.4 Å². The van der Waals surface area contributed by atoms with Gasteiger partial charge in [0.2, 0.25) is 0 Å². The van der Waals surface area contributed by atoms with E-state index in [0.29, 0.717) is 80.4 Å². The Hall–Kier alpha value is -4.66. The molecule has 0 heterocycles. The van der Waals surface area contributed by atoms with Crippen molar-refractivity contribution >= 4 is 26.4 Å². The minimum absolute atomic E-state index is 0.0654. The average molecular weight is 829 g/mol. The fourth-order valence-corrected chi connectivity index (χ4v) is 11.6. The second-order valence-electron chi connectivity index (χ2n) is 13.2. The van der Waals surface area contributed by atoms with E-state index in [-0.39, 0.29) is 31.2 Å². The van der Waals surface area contributed by atoms with Gasteiger partial charge in [0.25, 0.3) is 26.4 Å². The van der Waals surface area contributed by atoms with Crippen LogP contribution in [0.5, 0.6) is 17.2 Å². The molecule has 2 unspecified atom stereocenters. The molecule has 0 bridgehead atoms. The van der Waals surface area contributed by atoms with Crippen LogP contribution in [-0.2, 0) is 38.0 Å². The van der Waals surface area contributed by atoms with Gasteiger partial charge in [-0.25, -0.2) is 9.34 Å². The molecule has 4 aromatic rings. The highest BCUT2D eigenvalue weighted by molar-refractivity contribution is 7.73. The van der Waals surface area contributed by atoms with Crippen molar-refractivity contribution in [3.8, 4) is 17.2 Å². The molecule has 1 N–H and O–H groups in total. The molecule has 0 saturated carbocycles. The lowest BCUT2D eigenvalue weighted by atomic mass is 10.2. The first kappa shape index (κ1) is 45.0. The molecule has 16 nitrogen and oxygen atoms in total. The third-order valence-corrected chi connectivity index (χ3v) is 15.4. The number of nitrogens with zero attached hydrogens (tertiary/aromatic N) is 4. The summed E-state index contributed by atoms with van der Waals surface area (Å²) in [5, 5.41) is 31.7. The summed E-state index contributed by atoms with van der Waals surface area (Å²) in [5.41, 5.74) is 1.62. The van der Waals surface area contributed by atoms with Crippen LogP contribution in [-0.4, -0.2) is 77.7 Å². The van der Waals surface area contributed by atoms with Gasteiger partial charge in [-0.1, -0.05) is 12.1 Å². The lowest BCUT2D eigenvalue weighted by Gasteiger charge is -2.34. The van der Waals surface area contributed by atoms with Crippen molar-refractivity contribution in [1.29, 1.82) is 0 Å². The number of non-ortho nitro benzene ring substituents is 2. The summed E-state index contributed by atoms with van der Waals surface area (Å²) < 4.78 is 62.3. The molecule has 0 spiro atoms. The Kier molecular flexibility index (Phi) is 17.6. The van der Waals surface area contributed by atoms with Crippen molar-refractivity contribution in [2.75, 3.05) is 53.4 Å². The van der Waals surface area contributed by atoms with Gasteiger partial charge >= 0.3 is 0 Å². The van der Waals surface area contributed by atoms with Gasteiger partial charge in [0.1, 0.15) is 23.2 Å². The number of benzene rings is 4. The minimum Gasteiger partial charge on any atom is -0.497 e. The Morgan fingerprint density at radius 1 is 0.579 bits per heavy atom. The number of hydrogen-bond acceptors (Lipinski definition) is 12. The van der Waals surface area contributed by atoms with Gasteiger partial charge in [-0.2, -0.15) is 0 Å². The first-order chi connectivity index (χ1) is 27.3. The topological polar surface area (TPSA) is 193 Å². The van der Waals surface area contributed by atoms with Gasteiger partial charge in [0, 0.05) is 37.4 Å². The summed E-state index contributed by atoms with van der Waals surface area (Å²) in [6.07, 6.45) is 2.32. The molecule has 0 aliphatic heterocycles. The second-order valence-corrected chi connectivity index (χ2v) is 18.7. The molecular formula is C39H50N4O12P2. The highest BCUT2D eigenvalue weighted by atomic mass is 31.2. The van der Waals surface area contributed by atoms with E-state index < -0.39 is 30.8 Å². The third-order valence-electron chi connectivity index (χ3n) is 9.01.